The molecule has 0 fully saturated rings. The number of nitrogens with zero attached hydrogens (tertiary/aromatic N) is 1. The Hall–Kier alpha value is -2.37. The Morgan fingerprint density at radius 1 is 0.962 bits per heavy atom. The number of aliphatic hydroxyl groups is 1. The molecule has 4 nitrogen and oxygen atoms in total. The highest BCUT2D eigenvalue weighted by Gasteiger charge is 2.40. The van der Waals surface area contributed by atoms with E-state index in [2.05, 4.69) is 0 Å². The fraction of sp³-hybridized carbons (Fsp3) is 0.238. The normalized spacial score (nSPS) is 14.5. The monoisotopic (exact) mass is 367 g/mol. The topological polar surface area (TPSA) is 57.6 Å². The Balaban J connectivity index is 2.14. The largest absolute Gasteiger partial charge is 0.396 e. The molecular formula is C21H21NO3S. The fourth-order valence-electron chi connectivity index (χ4n) is 3.16. The lowest BCUT2D eigenvalue weighted by Gasteiger charge is -2.17. The number of aryl methyl sites for hydroxylation is 3. The minimum atomic E-state index is -0.322. The predicted octanol–water partition coefficient (Wildman–Crippen LogP) is 3.62. The molecular weight excluding hydrogens is 346 g/mol. The van der Waals surface area contributed by atoms with E-state index in [0.29, 0.717) is 21.9 Å². The lowest BCUT2D eigenvalue weighted by molar-refractivity contribution is -0.119. The molecule has 26 heavy (non-hydrogen) atoms. The van der Waals surface area contributed by atoms with Crippen molar-refractivity contribution in [2.75, 3.05) is 17.3 Å². The van der Waals surface area contributed by atoms with Gasteiger partial charge in [-0.1, -0.05) is 42.0 Å². The summed E-state index contributed by atoms with van der Waals surface area (Å²) in [6.45, 7) is 5.76. The number of benzene rings is 2. The third kappa shape index (κ3) is 3.20. The number of para-hydroxylation sites is 1. The molecule has 0 aromatic heterocycles. The van der Waals surface area contributed by atoms with Crippen molar-refractivity contribution in [2.24, 2.45) is 0 Å². The molecule has 0 bridgehead atoms. The summed E-state index contributed by atoms with van der Waals surface area (Å²) < 4.78 is 0. The van der Waals surface area contributed by atoms with Gasteiger partial charge in [-0.05, 0) is 43.5 Å². The highest BCUT2D eigenvalue weighted by atomic mass is 32.2. The molecule has 1 N–H and O–H groups in total. The molecule has 134 valence electrons. The molecule has 0 saturated heterocycles. The maximum absolute atomic E-state index is 13.3. The number of anilines is 1. The second-order valence-corrected chi connectivity index (χ2v) is 7.43. The average molecular weight is 367 g/mol. The van der Waals surface area contributed by atoms with Gasteiger partial charge in [-0.2, -0.15) is 0 Å². The lowest BCUT2D eigenvalue weighted by Crippen LogP contribution is -2.32. The van der Waals surface area contributed by atoms with Crippen LogP contribution in [0.2, 0.25) is 0 Å². The van der Waals surface area contributed by atoms with E-state index >= 15 is 0 Å². The van der Waals surface area contributed by atoms with Gasteiger partial charge < -0.3 is 5.11 Å². The maximum atomic E-state index is 13.3. The lowest BCUT2D eigenvalue weighted by atomic mass is 9.98. The number of imide groups is 1. The van der Waals surface area contributed by atoms with Crippen molar-refractivity contribution in [3.05, 3.63) is 69.6 Å². The van der Waals surface area contributed by atoms with E-state index in [-0.39, 0.29) is 18.4 Å². The van der Waals surface area contributed by atoms with Crippen molar-refractivity contribution < 1.29 is 14.7 Å². The van der Waals surface area contributed by atoms with Crippen molar-refractivity contribution >= 4 is 34.8 Å². The van der Waals surface area contributed by atoms with Crippen molar-refractivity contribution in [3.8, 4) is 0 Å². The molecule has 0 unspecified atom stereocenters. The molecule has 0 radical (unpaired) electrons. The van der Waals surface area contributed by atoms with Crippen LogP contribution < -0.4 is 4.90 Å². The molecule has 0 spiro atoms. The summed E-state index contributed by atoms with van der Waals surface area (Å²) in [7, 11) is 0. The summed E-state index contributed by atoms with van der Waals surface area (Å²) in [5.41, 5.74) is 4.71. The number of hydrogen-bond acceptors (Lipinski definition) is 4. The molecule has 1 aliphatic rings. The van der Waals surface area contributed by atoms with Crippen LogP contribution in [0.1, 0.15) is 22.3 Å². The Morgan fingerprint density at radius 3 is 2.35 bits per heavy atom. The number of carbonyl (C=O) groups excluding carboxylic acids is 2. The molecule has 3 rings (SSSR count). The highest BCUT2D eigenvalue weighted by molar-refractivity contribution is 8.04. The van der Waals surface area contributed by atoms with Gasteiger partial charge in [0, 0.05) is 5.75 Å². The summed E-state index contributed by atoms with van der Waals surface area (Å²) >= 11 is 1.23. The molecule has 1 heterocycles. The molecule has 2 amide bonds. The zero-order valence-electron chi connectivity index (χ0n) is 15.1. The van der Waals surface area contributed by atoms with Crippen LogP contribution in [0, 0.1) is 20.8 Å². The third-order valence-corrected chi connectivity index (χ3v) is 5.44. The molecule has 2 aromatic rings. The first-order valence-electron chi connectivity index (χ1n) is 8.45. The number of thioether (sulfide) groups is 1. The van der Waals surface area contributed by atoms with Crippen LogP contribution in [0.15, 0.2) is 47.4 Å². The second kappa shape index (κ2) is 7.48. The Labute approximate surface area is 157 Å². The molecule has 0 aliphatic carbocycles. The van der Waals surface area contributed by atoms with Gasteiger partial charge in [0.2, 0.25) is 0 Å². The first kappa shape index (κ1) is 18.4. The van der Waals surface area contributed by atoms with Crippen molar-refractivity contribution in [1.29, 1.82) is 0 Å². The fourth-order valence-corrected chi connectivity index (χ4v) is 4.01. The van der Waals surface area contributed by atoms with Crippen molar-refractivity contribution in [3.63, 3.8) is 0 Å². The first-order valence-corrected chi connectivity index (χ1v) is 9.44. The van der Waals surface area contributed by atoms with E-state index in [4.69, 9.17) is 0 Å². The average Bonchev–Trinajstić information content (AvgIpc) is 2.84. The number of carbonyl (C=O) groups is 2. The minimum absolute atomic E-state index is 0.0554. The van der Waals surface area contributed by atoms with Gasteiger partial charge in [-0.15, -0.1) is 11.8 Å². The van der Waals surface area contributed by atoms with Crippen LogP contribution >= 0.6 is 11.8 Å². The van der Waals surface area contributed by atoms with Crippen LogP contribution in [0.4, 0.5) is 5.69 Å². The number of aliphatic hydroxyl groups excluding tert-OH is 1. The maximum Gasteiger partial charge on any atom is 0.272 e. The van der Waals surface area contributed by atoms with E-state index < -0.39 is 0 Å². The van der Waals surface area contributed by atoms with E-state index in [9.17, 15) is 14.7 Å². The minimum Gasteiger partial charge on any atom is -0.396 e. The van der Waals surface area contributed by atoms with Crippen molar-refractivity contribution in [1.82, 2.24) is 0 Å². The quantitative estimate of drug-likeness (QED) is 0.820. The van der Waals surface area contributed by atoms with Gasteiger partial charge in [0.25, 0.3) is 11.8 Å². The molecule has 5 heteroatoms. The van der Waals surface area contributed by atoms with Crippen LogP contribution in [0.3, 0.4) is 0 Å². The van der Waals surface area contributed by atoms with Crippen molar-refractivity contribution in [2.45, 2.75) is 20.8 Å². The standard InChI is InChI=1S/C21H21NO3S/c1-13-8-9-16(15(3)12-13)18-19(26-11-10-23)21(25)22(20(18)24)17-7-5-4-6-14(17)2/h4-9,12,23H,10-11H2,1-3H3. The third-order valence-electron chi connectivity index (χ3n) is 4.39. The molecule has 0 saturated carbocycles. The van der Waals surface area contributed by atoms with Gasteiger partial charge in [0.1, 0.15) is 0 Å². The van der Waals surface area contributed by atoms with Crippen LogP contribution in [0.25, 0.3) is 5.57 Å². The van der Waals surface area contributed by atoms with E-state index in [0.717, 1.165) is 22.3 Å². The zero-order chi connectivity index (χ0) is 18.8. The van der Waals surface area contributed by atoms with Crippen LogP contribution in [-0.2, 0) is 9.59 Å². The summed E-state index contributed by atoms with van der Waals surface area (Å²) in [4.78, 5) is 28.0. The van der Waals surface area contributed by atoms with Gasteiger partial charge in [-0.25, -0.2) is 4.90 Å². The zero-order valence-corrected chi connectivity index (χ0v) is 15.9. The van der Waals surface area contributed by atoms with Gasteiger partial charge in [0.15, 0.2) is 0 Å². The van der Waals surface area contributed by atoms with Gasteiger partial charge >= 0.3 is 0 Å². The first-order chi connectivity index (χ1) is 12.5. The molecule has 1 aliphatic heterocycles. The summed E-state index contributed by atoms with van der Waals surface area (Å²) in [5, 5.41) is 9.20. The van der Waals surface area contributed by atoms with E-state index in [1.807, 2.05) is 57.2 Å². The van der Waals surface area contributed by atoms with Gasteiger partial charge in [-0.3, -0.25) is 9.59 Å². The SMILES string of the molecule is Cc1ccc(C2=C(SCCO)C(=O)N(c3ccccc3C)C2=O)c(C)c1. The summed E-state index contributed by atoms with van der Waals surface area (Å²) in [6.07, 6.45) is 0. The Bertz CT molecular complexity index is 917. The predicted molar refractivity (Wildman–Crippen MR) is 106 cm³/mol. The Kier molecular flexibility index (Phi) is 5.30. The number of amides is 2. The number of hydrogen-bond donors (Lipinski definition) is 1. The molecule has 2 aromatic carbocycles. The smallest absolute Gasteiger partial charge is 0.272 e. The van der Waals surface area contributed by atoms with E-state index in [1.165, 1.54) is 16.7 Å². The van der Waals surface area contributed by atoms with Crippen LogP contribution in [0.5, 0.6) is 0 Å². The van der Waals surface area contributed by atoms with E-state index in [1.54, 1.807) is 6.07 Å². The van der Waals surface area contributed by atoms with Gasteiger partial charge in [0.05, 0.1) is 22.8 Å². The summed E-state index contributed by atoms with van der Waals surface area (Å²) in [6, 6.07) is 13.2. The highest BCUT2D eigenvalue weighted by Crippen LogP contribution is 2.40. The Morgan fingerprint density at radius 2 is 1.69 bits per heavy atom. The molecule has 0 atom stereocenters. The van der Waals surface area contributed by atoms with Crippen LogP contribution in [-0.4, -0.2) is 29.3 Å². The second-order valence-electron chi connectivity index (χ2n) is 6.33. The number of rotatable bonds is 5. The summed E-state index contributed by atoms with van der Waals surface area (Å²) in [5.74, 6) is -0.265.